The molecule has 6 rings (SSSR count). The summed E-state index contributed by atoms with van der Waals surface area (Å²) in [5.74, 6) is 0.532. The van der Waals surface area contributed by atoms with Crippen molar-refractivity contribution in [3.63, 3.8) is 0 Å². The number of amides is 1. The Kier molecular flexibility index (Phi) is 4.28. The molecule has 5 nitrogen and oxygen atoms in total. The number of benzene rings is 2. The molecule has 0 radical (unpaired) electrons. The summed E-state index contributed by atoms with van der Waals surface area (Å²) in [7, 11) is 0. The third-order valence-electron chi connectivity index (χ3n) is 5.76. The van der Waals surface area contributed by atoms with Crippen LogP contribution in [0.3, 0.4) is 0 Å². The molecular weight excluding hydrogens is 359 g/mol. The molecule has 3 aliphatic rings. The van der Waals surface area contributed by atoms with E-state index in [0.717, 1.165) is 37.9 Å². The van der Waals surface area contributed by atoms with Crippen molar-refractivity contribution in [3.05, 3.63) is 54.3 Å². The second-order valence-corrected chi connectivity index (χ2v) is 7.55. The minimum Gasteiger partial charge on any atom is -0.456 e. The number of piperidine rings is 3. The van der Waals surface area contributed by atoms with Crippen molar-refractivity contribution >= 4 is 22.7 Å². The number of fused-ring (bicyclic) bond motifs is 4. The van der Waals surface area contributed by atoms with E-state index in [4.69, 9.17) is 9.15 Å². The first kappa shape index (κ1) is 17.3. The van der Waals surface area contributed by atoms with Gasteiger partial charge in [0.2, 0.25) is 0 Å². The molecule has 3 saturated heterocycles. The smallest absolute Gasteiger partial charge is 0.411 e. The molecule has 0 saturated carbocycles. The van der Waals surface area contributed by atoms with Crippen LogP contribution < -0.4 is 5.32 Å². The molecule has 3 fully saturated rings. The first-order chi connectivity index (χ1) is 13.7. The maximum atomic E-state index is 13.9. The van der Waals surface area contributed by atoms with Gasteiger partial charge in [0.05, 0.1) is 5.69 Å². The minimum atomic E-state index is -0.511. The van der Waals surface area contributed by atoms with Crippen LogP contribution >= 0.6 is 0 Å². The van der Waals surface area contributed by atoms with Gasteiger partial charge in [-0.2, -0.15) is 0 Å². The number of furan rings is 1. The molecule has 1 N–H and O–H groups in total. The monoisotopic (exact) mass is 380 g/mol. The van der Waals surface area contributed by atoms with E-state index < -0.39 is 11.9 Å². The Hall–Kier alpha value is -2.86. The SMILES string of the molecule is O=C(Nc1ccc(F)cc1-c1cc2ccccc2o1)OC1CN2CCC1CC2. The average molecular weight is 380 g/mol. The molecule has 6 heteroatoms. The standard InChI is InChI=1S/C22H21FN2O3/c23-16-5-6-18(17(12-16)20-11-15-3-1-2-4-19(15)27-20)24-22(26)28-21-13-25-9-7-14(21)8-10-25/h1-6,11-12,14,21H,7-10,13H2,(H,24,26). The molecule has 28 heavy (non-hydrogen) atoms. The summed E-state index contributed by atoms with van der Waals surface area (Å²) < 4.78 is 25.5. The predicted molar refractivity (Wildman–Crippen MR) is 105 cm³/mol. The van der Waals surface area contributed by atoms with E-state index in [2.05, 4.69) is 10.2 Å². The molecule has 1 aromatic heterocycles. The third kappa shape index (κ3) is 3.24. The summed E-state index contributed by atoms with van der Waals surface area (Å²) in [6.07, 6.45) is 1.54. The quantitative estimate of drug-likeness (QED) is 0.704. The van der Waals surface area contributed by atoms with E-state index >= 15 is 0 Å². The number of rotatable bonds is 3. The lowest BCUT2D eigenvalue weighted by Crippen LogP contribution is -2.52. The van der Waals surface area contributed by atoms with E-state index in [-0.39, 0.29) is 6.10 Å². The zero-order chi connectivity index (χ0) is 19.1. The van der Waals surface area contributed by atoms with E-state index in [1.54, 1.807) is 0 Å². The first-order valence-corrected chi connectivity index (χ1v) is 9.64. The lowest BCUT2D eigenvalue weighted by molar-refractivity contribution is -0.0289. The van der Waals surface area contributed by atoms with E-state index in [0.29, 0.717) is 28.5 Å². The number of nitrogens with one attached hydrogen (secondary N) is 1. The van der Waals surface area contributed by atoms with Crippen molar-refractivity contribution in [3.8, 4) is 11.3 Å². The number of hydrogen-bond donors (Lipinski definition) is 1. The number of carbonyl (C=O) groups is 1. The fraction of sp³-hybridized carbons (Fsp3) is 0.318. The van der Waals surface area contributed by atoms with Gasteiger partial charge in [0.1, 0.15) is 23.3 Å². The number of halogens is 1. The number of ether oxygens (including phenoxy) is 1. The summed E-state index contributed by atoms with van der Waals surface area (Å²) in [6, 6.07) is 13.6. The zero-order valence-corrected chi connectivity index (χ0v) is 15.4. The average Bonchev–Trinajstić information content (AvgIpc) is 3.14. The summed E-state index contributed by atoms with van der Waals surface area (Å²) in [4.78, 5) is 14.9. The van der Waals surface area contributed by atoms with Gasteiger partial charge in [-0.15, -0.1) is 0 Å². The van der Waals surface area contributed by atoms with Crippen LogP contribution in [0.2, 0.25) is 0 Å². The number of anilines is 1. The third-order valence-corrected chi connectivity index (χ3v) is 5.76. The van der Waals surface area contributed by atoms with Crippen molar-refractivity contribution in [1.29, 1.82) is 0 Å². The lowest BCUT2D eigenvalue weighted by Gasteiger charge is -2.43. The van der Waals surface area contributed by atoms with Crippen LogP contribution in [-0.4, -0.2) is 36.7 Å². The van der Waals surface area contributed by atoms with Crippen LogP contribution in [-0.2, 0) is 4.74 Å². The summed E-state index contributed by atoms with van der Waals surface area (Å²) >= 11 is 0. The van der Waals surface area contributed by atoms with Gasteiger partial charge in [-0.3, -0.25) is 10.2 Å². The second kappa shape index (κ2) is 6.95. The van der Waals surface area contributed by atoms with Crippen molar-refractivity contribution in [2.45, 2.75) is 18.9 Å². The second-order valence-electron chi connectivity index (χ2n) is 7.55. The topological polar surface area (TPSA) is 54.7 Å². The largest absolute Gasteiger partial charge is 0.456 e. The Balaban J connectivity index is 1.38. The molecule has 0 aliphatic carbocycles. The predicted octanol–water partition coefficient (Wildman–Crippen LogP) is 4.88. The molecule has 3 aromatic rings. The molecule has 2 bridgehead atoms. The Morgan fingerprint density at radius 1 is 1.14 bits per heavy atom. The van der Waals surface area contributed by atoms with Gasteiger partial charge in [-0.05, 0) is 62.2 Å². The van der Waals surface area contributed by atoms with Crippen molar-refractivity contribution in [2.24, 2.45) is 5.92 Å². The van der Waals surface area contributed by atoms with Crippen LogP contribution in [0.4, 0.5) is 14.9 Å². The number of carbonyl (C=O) groups excluding carboxylic acids is 1. The van der Waals surface area contributed by atoms with Gasteiger partial charge in [-0.1, -0.05) is 18.2 Å². The highest BCUT2D eigenvalue weighted by atomic mass is 19.1. The molecule has 1 unspecified atom stereocenters. The van der Waals surface area contributed by atoms with Crippen LogP contribution in [0.1, 0.15) is 12.8 Å². The van der Waals surface area contributed by atoms with E-state index in [9.17, 15) is 9.18 Å². The lowest BCUT2D eigenvalue weighted by atomic mass is 9.86. The number of nitrogens with zero attached hydrogens (tertiary/aromatic N) is 1. The van der Waals surface area contributed by atoms with Gasteiger partial charge in [0.25, 0.3) is 0 Å². The summed E-state index contributed by atoms with van der Waals surface area (Å²) in [5, 5.41) is 3.70. The molecule has 1 amide bonds. The fourth-order valence-corrected chi connectivity index (χ4v) is 4.27. The molecule has 3 aliphatic heterocycles. The van der Waals surface area contributed by atoms with Crippen LogP contribution in [0.15, 0.2) is 52.9 Å². The van der Waals surface area contributed by atoms with E-state index in [1.807, 2.05) is 30.3 Å². The molecule has 144 valence electrons. The van der Waals surface area contributed by atoms with Crippen molar-refractivity contribution < 1.29 is 18.3 Å². The maximum absolute atomic E-state index is 13.9. The first-order valence-electron chi connectivity index (χ1n) is 9.64. The van der Waals surface area contributed by atoms with Crippen LogP contribution in [0.5, 0.6) is 0 Å². The number of para-hydroxylation sites is 1. The summed E-state index contributed by atoms with van der Waals surface area (Å²) in [6.45, 7) is 2.96. The normalized spacial score (nSPS) is 23.7. The highest BCUT2D eigenvalue weighted by Crippen LogP contribution is 2.34. The highest BCUT2D eigenvalue weighted by molar-refractivity contribution is 5.92. The molecule has 4 heterocycles. The minimum absolute atomic E-state index is 0.0856. The molecular formula is C22H21FN2O3. The van der Waals surface area contributed by atoms with Gasteiger partial charge in [-0.25, -0.2) is 9.18 Å². The number of hydrogen-bond acceptors (Lipinski definition) is 4. The maximum Gasteiger partial charge on any atom is 0.411 e. The Morgan fingerprint density at radius 2 is 1.96 bits per heavy atom. The van der Waals surface area contributed by atoms with Gasteiger partial charge < -0.3 is 9.15 Å². The Bertz CT molecular complexity index is 991. The van der Waals surface area contributed by atoms with Gasteiger partial charge >= 0.3 is 6.09 Å². The van der Waals surface area contributed by atoms with E-state index in [1.165, 1.54) is 18.2 Å². The fourth-order valence-electron chi connectivity index (χ4n) is 4.27. The Morgan fingerprint density at radius 3 is 2.71 bits per heavy atom. The van der Waals surface area contributed by atoms with Crippen LogP contribution in [0.25, 0.3) is 22.3 Å². The molecule has 1 atom stereocenters. The zero-order valence-electron chi connectivity index (χ0n) is 15.4. The summed E-state index contributed by atoms with van der Waals surface area (Å²) in [5.41, 5.74) is 1.66. The van der Waals surface area contributed by atoms with Crippen LogP contribution in [0, 0.1) is 11.7 Å². The molecule has 0 spiro atoms. The van der Waals surface area contributed by atoms with Gasteiger partial charge in [0.15, 0.2) is 0 Å². The van der Waals surface area contributed by atoms with Crippen molar-refractivity contribution in [2.75, 3.05) is 25.0 Å². The van der Waals surface area contributed by atoms with Crippen molar-refractivity contribution in [1.82, 2.24) is 4.90 Å². The van der Waals surface area contributed by atoms with Gasteiger partial charge in [0, 0.05) is 17.5 Å². The molecule has 2 aromatic carbocycles. The highest BCUT2D eigenvalue weighted by Gasteiger charge is 2.36. The Labute approximate surface area is 162 Å².